The molecule has 0 aromatic rings. The van der Waals surface area contributed by atoms with Gasteiger partial charge in [0.05, 0.1) is 24.7 Å². The number of aliphatic hydroxyl groups excluding tert-OH is 1. The van der Waals surface area contributed by atoms with E-state index < -0.39 is 66.0 Å². The first-order valence-electron chi connectivity index (χ1n) is 18.3. The van der Waals surface area contributed by atoms with E-state index in [0.29, 0.717) is 24.8 Å². The summed E-state index contributed by atoms with van der Waals surface area (Å²) in [6.07, 6.45) is 8.91. The van der Waals surface area contributed by atoms with Gasteiger partial charge in [0.25, 0.3) is 0 Å². The van der Waals surface area contributed by atoms with Gasteiger partial charge in [-0.25, -0.2) is 0 Å². The maximum Gasteiger partial charge on any atom is 0.316 e. The molecule has 0 saturated carbocycles. The van der Waals surface area contributed by atoms with Gasteiger partial charge in [-0.15, -0.1) is 0 Å². The Morgan fingerprint density at radius 3 is 2.63 bits per heavy atom. The highest BCUT2D eigenvalue weighted by molar-refractivity contribution is 5.78. The number of fused-ring (bicyclic) bond motifs is 2. The van der Waals surface area contributed by atoms with Crippen molar-refractivity contribution in [1.82, 2.24) is 0 Å². The first-order chi connectivity index (χ1) is 23.2. The molecule has 0 radical (unpaired) electrons. The number of unbranched alkanes of at least 4 members (excludes halogenated alkanes) is 1. The van der Waals surface area contributed by atoms with Crippen LogP contribution in [0.4, 0.5) is 0 Å². The van der Waals surface area contributed by atoms with Crippen molar-refractivity contribution in [2.75, 3.05) is 13.7 Å². The van der Waals surface area contributed by atoms with Gasteiger partial charge in [-0.1, -0.05) is 76.5 Å². The maximum absolute atomic E-state index is 14.3. The minimum atomic E-state index is -1.68. The zero-order valence-electron chi connectivity index (χ0n) is 30.6. The number of allylic oxidation sites excluding steroid dienone is 4. The fourth-order valence-corrected chi connectivity index (χ4v) is 8.27. The largest absolute Gasteiger partial charge is 0.462 e. The molecular formula is C39H58O10. The molecule has 5 unspecified atom stereocenters. The highest BCUT2D eigenvalue weighted by Gasteiger charge is 2.62. The van der Waals surface area contributed by atoms with E-state index in [1.807, 2.05) is 39.8 Å². The molecule has 274 valence electrons. The van der Waals surface area contributed by atoms with Gasteiger partial charge >= 0.3 is 11.9 Å². The van der Waals surface area contributed by atoms with Crippen LogP contribution in [0.5, 0.6) is 0 Å². The minimum Gasteiger partial charge on any atom is -0.462 e. The maximum atomic E-state index is 14.3. The number of methoxy groups -OCH3 is 1. The van der Waals surface area contributed by atoms with Crippen LogP contribution in [-0.2, 0) is 38.0 Å². The SMILES string of the molecule is CCCCC(C)C(=O)OC1C(O)[C@]2(C[C@@H]3C[C@@H](C/C=C(\C)C[C@@H](C)/C=C/C=C4\COC5[C@H](OC)C(C)=C[C@@H](C(=O)O3)[C@]45O)O2)OC(C)[C@H]1C. The molecule has 4 heterocycles. The molecule has 49 heavy (non-hydrogen) atoms. The summed E-state index contributed by atoms with van der Waals surface area (Å²) in [5.41, 5.74) is 0.847. The number of aliphatic hydroxyl groups is 2. The number of hydrogen-bond acceptors (Lipinski definition) is 10. The molecule has 2 N–H and O–H groups in total. The first-order valence-corrected chi connectivity index (χ1v) is 18.3. The molecule has 4 aliphatic heterocycles. The Labute approximate surface area is 291 Å². The van der Waals surface area contributed by atoms with Gasteiger partial charge in [0.1, 0.15) is 42.0 Å². The summed E-state index contributed by atoms with van der Waals surface area (Å²) in [7, 11) is 1.57. The summed E-state index contributed by atoms with van der Waals surface area (Å²) >= 11 is 0. The smallest absolute Gasteiger partial charge is 0.316 e. The van der Waals surface area contributed by atoms with Crippen molar-refractivity contribution in [3.05, 3.63) is 47.1 Å². The third kappa shape index (κ3) is 7.65. The lowest BCUT2D eigenvalue weighted by molar-refractivity contribution is -0.383. The van der Waals surface area contributed by atoms with E-state index in [-0.39, 0.29) is 36.8 Å². The van der Waals surface area contributed by atoms with E-state index >= 15 is 0 Å². The van der Waals surface area contributed by atoms with Crippen LogP contribution < -0.4 is 0 Å². The van der Waals surface area contributed by atoms with E-state index in [9.17, 15) is 19.8 Å². The van der Waals surface area contributed by atoms with Gasteiger partial charge in [0.2, 0.25) is 5.79 Å². The molecule has 0 aromatic heterocycles. The zero-order chi connectivity index (χ0) is 35.7. The average molecular weight is 687 g/mol. The number of carbonyl (C=O) groups is 2. The summed E-state index contributed by atoms with van der Waals surface area (Å²) < 4.78 is 37.4. The Bertz CT molecular complexity index is 1330. The van der Waals surface area contributed by atoms with E-state index in [4.69, 9.17) is 28.4 Å². The van der Waals surface area contributed by atoms with Crippen LogP contribution in [0.25, 0.3) is 0 Å². The number of rotatable bonds is 6. The number of esters is 2. The van der Waals surface area contributed by atoms with Crippen LogP contribution in [0, 0.1) is 23.7 Å². The Hall–Kier alpha value is -2.34. The number of ether oxygens (including phenoxy) is 6. The second kappa shape index (κ2) is 15.5. The van der Waals surface area contributed by atoms with Gasteiger partial charge in [-0.3, -0.25) is 9.59 Å². The molecule has 13 atom stereocenters. The predicted octanol–water partition coefficient (Wildman–Crippen LogP) is 5.51. The molecule has 0 aromatic carbocycles. The molecule has 5 rings (SSSR count). The van der Waals surface area contributed by atoms with Gasteiger partial charge < -0.3 is 38.6 Å². The molecule has 5 aliphatic rings. The van der Waals surface area contributed by atoms with E-state index in [1.54, 1.807) is 13.2 Å². The van der Waals surface area contributed by atoms with E-state index in [0.717, 1.165) is 24.8 Å². The van der Waals surface area contributed by atoms with Crippen LogP contribution in [-0.4, -0.2) is 90.0 Å². The summed E-state index contributed by atoms with van der Waals surface area (Å²) in [6, 6.07) is 0. The fraction of sp³-hybridized carbons (Fsp3) is 0.744. The van der Waals surface area contributed by atoms with Crippen molar-refractivity contribution in [2.24, 2.45) is 23.7 Å². The number of carbonyl (C=O) groups excluding carboxylic acids is 2. The Balaban J connectivity index is 1.50. The monoisotopic (exact) mass is 686 g/mol. The topological polar surface area (TPSA) is 130 Å². The molecule has 3 saturated heterocycles. The molecular weight excluding hydrogens is 628 g/mol. The Morgan fingerprint density at radius 2 is 1.92 bits per heavy atom. The second-order valence-corrected chi connectivity index (χ2v) is 15.3. The van der Waals surface area contributed by atoms with Gasteiger partial charge in [-0.05, 0) is 57.1 Å². The van der Waals surface area contributed by atoms with Crippen LogP contribution in [0.2, 0.25) is 0 Å². The fourth-order valence-electron chi connectivity index (χ4n) is 8.27. The van der Waals surface area contributed by atoms with Crippen molar-refractivity contribution in [3.8, 4) is 0 Å². The molecule has 10 heteroatoms. The normalized spacial score (nSPS) is 44.8. The van der Waals surface area contributed by atoms with E-state index in [2.05, 4.69) is 32.9 Å². The third-order valence-electron chi connectivity index (χ3n) is 11.4. The minimum absolute atomic E-state index is 0.0343. The molecule has 1 spiro atoms. The zero-order valence-corrected chi connectivity index (χ0v) is 30.6. The summed E-state index contributed by atoms with van der Waals surface area (Å²) in [5, 5.41) is 24.4. The Kier molecular flexibility index (Phi) is 12.0. The van der Waals surface area contributed by atoms with Crippen molar-refractivity contribution < 1.29 is 48.2 Å². The lowest BCUT2D eigenvalue weighted by Crippen LogP contribution is -2.67. The molecule has 10 nitrogen and oxygen atoms in total. The lowest BCUT2D eigenvalue weighted by atomic mass is 9.70. The molecule has 0 amide bonds. The summed E-state index contributed by atoms with van der Waals surface area (Å²) in [4.78, 5) is 27.5. The van der Waals surface area contributed by atoms with E-state index in [1.165, 1.54) is 5.57 Å². The highest BCUT2D eigenvalue weighted by atomic mass is 16.7. The lowest BCUT2D eigenvalue weighted by Gasteiger charge is -2.53. The summed E-state index contributed by atoms with van der Waals surface area (Å²) in [6.45, 7) is 13.9. The van der Waals surface area contributed by atoms with Crippen molar-refractivity contribution in [3.63, 3.8) is 0 Å². The molecule has 2 bridgehead atoms. The number of hydrogen-bond donors (Lipinski definition) is 2. The van der Waals surface area contributed by atoms with Crippen LogP contribution in [0.3, 0.4) is 0 Å². The third-order valence-corrected chi connectivity index (χ3v) is 11.4. The quantitative estimate of drug-likeness (QED) is 0.273. The predicted molar refractivity (Wildman–Crippen MR) is 183 cm³/mol. The average Bonchev–Trinajstić information content (AvgIpc) is 3.39. The van der Waals surface area contributed by atoms with Gasteiger partial charge in [-0.2, -0.15) is 0 Å². The van der Waals surface area contributed by atoms with Crippen LogP contribution in [0.1, 0.15) is 93.4 Å². The highest BCUT2D eigenvalue weighted by Crippen LogP contribution is 2.48. The standard InChI is InChI=1S/C39H58O10/c1-9-10-13-24(4)36(41)47-33-26(6)27(7)48-38(34(33)40)20-30-19-29(49-38)16-15-23(3)17-22(2)12-11-14-28-21-45-35-32(44-8)25(5)18-31(37(42)46-30)39(28,35)43/h11-12,14-15,18,22,24,26-27,29-35,40,43H,9-10,13,16-17,19-21H2,1-8H3/b12-11+,23-15+,28-14+/t22-,24?,26+,27?,29+,30-,31-,32+,33?,34?,35?,38+,39+/m0/s1. The van der Waals surface area contributed by atoms with Crippen molar-refractivity contribution >= 4 is 11.9 Å². The van der Waals surface area contributed by atoms with Gasteiger partial charge in [0.15, 0.2) is 0 Å². The second-order valence-electron chi connectivity index (χ2n) is 15.3. The van der Waals surface area contributed by atoms with Crippen LogP contribution >= 0.6 is 0 Å². The summed E-state index contributed by atoms with van der Waals surface area (Å²) in [5.74, 6) is -4.00. The van der Waals surface area contributed by atoms with Gasteiger partial charge in [0, 0.05) is 25.9 Å². The van der Waals surface area contributed by atoms with Crippen molar-refractivity contribution in [1.29, 1.82) is 0 Å². The van der Waals surface area contributed by atoms with Crippen LogP contribution in [0.15, 0.2) is 47.1 Å². The Morgan fingerprint density at radius 1 is 1.16 bits per heavy atom. The molecule has 3 fully saturated rings. The first kappa shape index (κ1) is 37.9. The van der Waals surface area contributed by atoms with Crippen molar-refractivity contribution in [2.45, 2.75) is 148 Å². The molecule has 1 aliphatic carbocycles.